The van der Waals surface area contributed by atoms with E-state index in [1.165, 1.54) is 25.2 Å². The van der Waals surface area contributed by atoms with E-state index in [0.29, 0.717) is 0 Å². The van der Waals surface area contributed by atoms with Crippen molar-refractivity contribution in [2.24, 2.45) is 47.3 Å². The number of allylic oxidation sites excluding steroid dienone is 4. The molecule has 0 amide bonds. The van der Waals surface area contributed by atoms with E-state index in [1.54, 1.807) is 19.3 Å². The normalized spacial score (nSPS) is 59.6. The number of fused-ring (bicyclic) bond motifs is 8. The van der Waals surface area contributed by atoms with E-state index < -0.39 is 0 Å². The third kappa shape index (κ3) is 1.33. The molecule has 0 aromatic carbocycles. The molecule has 0 bridgehead atoms. The van der Waals surface area contributed by atoms with Crippen LogP contribution < -0.4 is 0 Å². The zero-order chi connectivity index (χ0) is 11.7. The smallest absolute Gasteiger partial charge is 0.0133 e. The fourth-order valence-corrected chi connectivity index (χ4v) is 6.09. The molecule has 0 N–H and O–H groups in total. The summed E-state index contributed by atoms with van der Waals surface area (Å²) in [5.41, 5.74) is 0. The van der Waals surface area contributed by atoms with Crippen LogP contribution in [0.4, 0.5) is 0 Å². The van der Waals surface area contributed by atoms with Gasteiger partial charge in [-0.2, -0.15) is 0 Å². The van der Waals surface area contributed by atoms with Crippen molar-refractivity contribution in [2.45, 2.75) is 38.5 Å². The van der Waals surface area contributed by atoms with Crippen molar-refractivity contribution >= 4 is 0 Å². The summed E-state index contributed by atoms with van der Waals surface area (Å²) in [5.74, 6) is 8.53. The topological polar surface area (TPSA) is 0 Å². The molecule has 0 heteroatoms. The standard InChI is InChI=1S/C18H24/c1-3-7-13-11(5-1)12-6-2-4-8-14(12)16-10-18(16)17-9-15(13)17/h1,3,5,7,11-18H,2,4,6,8-10H2. The Kier molecular flexibility index (Phi) is 2.01. The first-order chi connectivity index (χ1) is 8.93. The van der Waals surface area contributed by atoms with E-state index in [-0.39, 0.29) is 0 Å². The van der Waals surface area contributed by atoms with E-state index in [0.717, 1.165) is 41.4 Å². The van der Waals surface area contributed by atoms with Crippen LogP contribution in [0.25, 0.3) is 0 Å². The van der Waals surface area contributed by atoms with Crippen LogP contribution in [-0.4, -0.2) is 0 Å². The predicted molar refractivity (Wildman–Crippen MR) is 73.9 cm³/mol. The highest BCUT2D eigenvalue weighted by Gasteiger charge is 2.61. The highest BCUT2D eigenvalue weighted by molar-refractivity contribution is 5.22. The van der Waals surface area contributed by atoms with Crippen molar-refractivity contribution in [3.05, 3.63) is 24.3 Å². The van der Waals surface area contributed by atoms with Gasteiger partial charge in [0.2, 0.25) is 0 Å². The molecule has 0 nitrogen and oxygen atoms in total. The van der Waals surface area contributed by atoms with Crippen molar-refractivity contribution in [1.29, 1.82) is 0 Å². The Morgan fingerprint density at radius 2 is 1.11 bits per heavy atom. The SMILES string of the molecule is C1=CC2C(C=C1)C1CC1C1CC1C1CCCCC21. The molecule has 8 atom stereocenters. The average molecular weight is 240 g/mol. The average Bonchev–Trinajstić information content (AvgIpc) is 3.29. The Labute approximate surface area is 111 Å². The van der Waals surface area contributed by atoms with Gasteiger partial charge in [-0.05, 0) is 73.0 Å². The fraction of sp³-hybridized carbons (Fsp3) is 0.778. The molecule has 4 saturated carbocycles. The van der Waals surface area contributed by atoms with Crippen LogP contribution in [0.3, 0.4) is 0 Å². The molecule has 8 unspecified atom stereocenters. The van der Waals surface area contributed by atoms with Crippen molar-refractivity contribution < 1.29 is 0 Å². The summed E-state index contributed by atoms with van der Waals surface area (Å²) in [7, 11) is 0. The van der Waals surface area contributed by atoms with Gasteiger partial charge in [0.15, 0.2) is 0 Å². The lowest BCUT2D eigenvalue weighted by Crippen LogP contribution is -2.34. The molecule has 0 saturated heterocycles. The minimum atomic E-state index is 0.914. The van der Waals surface area contributed by atoms with Gasteiger partial charge < -0.3 is 0 Å². The van der Waals surface area contributed by atoms with Gasteiger partial charge in [0.1, 0.15) is 0 Å². The van der Waals surface area contributed by atoms with E-state index in [9.17, 15) is 0 Å². The van der Waals surface area contributed by atoms with Crippen LogP contribution in [0.5, 0.6) is 0 Å². The van der Waals surface area contributed by atoms with Crippen LogP contribution in [0.15, 0.2) is 24.3 Å². The van der Waals surface area contributed by atoms with E-state index >= 15 is 0 Å². The largest absolute Gasteiger partial charge is 0.0805 e. The summed E-state index contributed by atoms with van der Waals surface area (Å²) < 4.78 is 0. The molecule has 0 heterocycles. The maximum Gasteiger partial charge on any atom is -0.0133 e. The third-order valence-electron chi connectivity index (χ3n) is 6.97. The third-order valence-corrected chi connectivity index (χ3v) is 6.97. The molecule has 18 heavy (non-hydrogen) atoms. The zero-order valence-electron chi connectivity index (χ0n) is 11.2. The first-order valence-corrected chi connectivity index (χ1v) is 8.28. The Morgan fingerprint density at radius 3 is 1.94 bits per heavy atom. The summed E-state index contributed by atoms with van der Waals surface area (Å²) in [6, 6.07) is 0. The van der Waals surface area contributed by atoms with Gasteiger partial charge in [-0.25, -0.2) is 0 Å². The zero-order valence-corrected chi connectivity index (χ0v) is 11.2. The fourth-order valence-electron chi connectivity index (χ4n) is 6.09. The molecule has 0 aliphatic heterocycles. The predicted octanol–water partition coefficient (Wildman–Crippen LogP) is 4.44. The van der Waals surface area contributed by atoms with Crippen LogP contribution in [0.2, 0.25) is 0 Å². The van der Waals surface area contributed by atoms with Crippen molar-refractivity contribution in [1.82, 2.24) is 0 Å². The summed E-state index contributed by atoms with van der Waals surface area (Å²) in [5, 5.41) is 0. The van der Waals surface area contributed by atoms with Crippen molar-refractivity contribution in [3.8, 4) is 0 Å². The molecular formula is C18H24. The van der Waals surface area contributed by atoms with Gasteiger partial charge in [0, 0.05) is 0 Å². The monoisotopic (exact) mass is 240 g/mol. The second-order valence-electron chi connectivity index (χ2n) is 7.66. The molecule has 5 aliphatic carbocycles. The van der Waals surface area contributed by atoms with Crippen molar-refractivity contribution in [3.63, 3.8) is 0 Å². The first-order valence-electron chi connectivity index (χ1n) is 8.28. The Bertz CT molecular complexity index is 418. The molecule has 5 rings (SSSR count). The number of hydrogen-bond acceptors (Lipinski definition) is 0. The lowest BCUT2D eigenvalue weighted by atomic mass is 9.63. The molecule has 96 valence electrons. The molecule has 0 radical (unpaired) electrons. The Morgan fingerprint density at radius 1 is 0.556 bits per heavy atom. The van der Waals surface area contributed by atoms with Crippen LogP contribution in [0, 0.1) is 47.3 Å². The molecule has 5 aliphatic rings. The summed E-state index contributed by atoms with van der Waals surface area (Å²) in [6.07, 6.45) is 19.1. The number of hydrogen-bond donors (Lipinski definition) is 0. The molecular weight excluding hydrogens is 216 g/mol. The Hall–Kier alpha value is -0.520. The number of rotatable bonds is 0. The minimum Gasteiger partial charge on any atom is -0.0805 e. The quantitative estimate of drug-likeness (QED) is 0.549. The highest BCUT2D eigenvalue weighted by Crippen LogP contribution is 2.68. The summed E-state index contributed by atoms with van der Waals surface area (Å²) in [4.78, 5) is 0. The minimum absolute atomic E-state index is 0.914. The second kappa shape index (κ2) is 3.52. The van der Waals surface area contributed by atoms with E-state index in [2.05, 4.69) is 24.3 Å². The molecule has 0 aromatic rings. The lowest BCUT2D eigenvalue weighted by molar-refractivity contribution is 0.114. The van der Waals surface area contributed by atoms with Gasteiger partial charge in [0.25, 0.3) is 0 Å². The molecule has 4 fully saturated rings. The van der Waals surface area contributed by atoms with Gasteiger partial charge in [-0.15, -0.1) is 0 Å². The van der Waals surface area contributed by atoms with Crippen molar-refractivity contribution in [2.75, 3.05) is 0 Å². The van der Waals surface area contributed by atoms with Gasteiger partial charge >= 0.3 is 0 Å². The Balaban J connectivity index is 1.54. The lowest BCUT2D eigenvalue weighted by Gasteiger charge is -2.41. The maximum atomic E-state index is 2.59. The summed E-state index contributed by atoms with van der Waals surface area (Å²) in [6.45, 7) is 0. The van der Waals surface area contributed by atoms with Crippen LogP contribution in [-0.2, 0) is 0 Å². The van der Waals surface area contributed by atoms with Gasteiger partial charge in [-0.1, -0.05) is 37.1 Å². The summed E-state index contributed by atoms with van der Waals surface area (Å²) >= 11 is 0. The van der Waals surface area contributed by atoms with Gasteiger partial charge in [-0.3, -0.25) is 0 Å². The molecule has 0 aromatic heterocycles. The second-order valence-corrected chi connectivity index (χ2v) is 7.66. The molecule has 0 spiro atoms. The first kappa shape index (κ1) is 10.3. The maximum absolute atomic E-state index is 2.59. The highest BCUT2D eigenvalue weighted by atomic mass is 14.7. The van der Waals surface area contributed by atoms with Crippen LogP contribution in [0.1, 0.15) is 38.5 Å². The van der Waals surface area contributed by atoms with E-state index in [4.69, 9.17) is 0 Å². The van der Waals surface area contributed by atoms with E-state index in [1.807, 2.05) is 0 Å². The van der Waals surface area contributed by atoms with Crippen LogP contribution >= 0.6 is 0 Å². The van der Waals surface area contributed by atoms with Gasteiger partial charge in [0.05, 0.1) is 0 Å².